The zero-order chi connectivity index (χ0) is 23.2. The second-order valence-electron chi connectivity index (χ2n) is 8.13. The van der Waals surface area contributed by atoms with Gasteiger partial charge in [-0.25, -0.2) is 0 Å². The van der Waals surface area contributed by atoms with E-state index >= 15 is 0 Å². The number of ether oxygens (including phenoxy) is 2. The smallest absolute Gasteiger partial charge is 0.236 e. The van der Waals surface area contributed by atoms with Crippen molar-refractivity contribution in [3.8, 4) is 11.5 Å². The Morgan fingerprint density at radius 3 is 2.64 bits per heavy atom. The molecule has 6 nitrogen and oxygen atoms in total. The first-order valence-electron chi connectivity index (χ1n) is 10.5. The number of thiocarbonyl (C=S) groups is 1. The van der Waals surface area contributed by atoms with Crippen LogP contribution in [-0.2, 0) is 4.79 Å². The Kier molecular flexibility index (Phi) is 5.50. The summed E-state index contributed by atoms with van der Waals surface area (Å²) >= 11 is 9.32. The van der Waals surface area contributed by atoms with Crippen LogP contribution in [0.1, 0.15) is 18.5 Å². The standard InChI is InChI=1S/C25H22BrN3O3S/c1-25-21(23(30)27-16-10-12-18(31-2)13-11-16)22(19-8-3-4-9-20(19)32-25)28-24(33)29(25)17-7-5-6-15(26)14-17/h3-14,21-22H,1-2H3,(H,27,30)(H,28,33)/t21-,22+,25-/m0/s1. The maximum absolute atomic E-state index is 13.8. The molecule has 2 aliphatic rings. The number of rotatable bonds is 4. The molecule has 5 rings (SSSR count). The summed E-state index contributed by atoms with van der Waals surface area (Å²) < 4.78 is 12.7. The molecular weight excluding hydrogens is 502 g/mol. The molecule has 2 N–H and O–H groups in total. The zero-order valence-electron chi connectivity index (χ0n) is 18.0. The van der Waals surface area contributed by atoms with Crippen LogP contribution >= 0.6 is 28.1 Å². The second-order valence-corrected chi connectivity index (χ2v) is 9.43. The quantitative estimate of drug-likeness (QED) is 0.455. The van der Waals surface area contributed by atoms with Crippen LogP contribution in [0.2, 0.25) is 0 Å². The minimum absolute atomic E-state index is 0.169. The van der Waals surface area contributed by atoms with Crippen molar-refractivity contribution in [2.75, 3.05) is 17.3 Å². The number of amides is 1. The Bertz CT molecular complexity index is 1240. The lowest BCUT2D eigenvalue weighted by molar-refractivity contribution is -0.130. The molecule has 1 amide bonds. The van der Waals surface area contributed by atoms with Gasteiger partial charge in [-0.3, -0.25) is 9.69 Å². The Morgan fingerprint density at radius 2 is 1.91 bits per heavy atom. The number of hydrogen-bond acceptors (Lipinski definition) is 4. The molecule has 2 bridgehead atoms. The Labute approximate surface area is 206 Å². The molecule has 1 fully saturated rings. The molecule has 3 aromatic carbocycles. The molecule has 0 unspecified atom stereocenters. The number of nitrogens with one attached hydrogen (secondary N) is 2. The van der Waals surface area contributed by atoms with Crippen molar-refractivity contribution < 1.29 is 14.3 Å². The van der Waals surface area contributed by atoms with Gasteiger partial charge in [-0.2, -0.15) is 0 Å². The average Bonchev–Trinajstić information content (AvgIpc) is 2.79. The summed E-state index contributed by atoms with van der Waals surface area (Å²) in [7, 11) is 1.61. The SMILES string of the molecule is COc1ccc(NC(=O)[C@@H]2[C@@H]3NC(=S)N(c4cccc(Br)c4)[C@@]2(C)Oc2ccccc23)cc1. The van der Waals surface area contributed by atoms with E-state index in [2.05, 4.69) is 26.6 Å². The number of benzene rings is 3. The van der Waals surface area contributed by atoms with Crippen molar-refractivity contribution in [1.29, 1.82) is 0 Å². The molecule has 0 spiro atoms. The van der Waals surface area contributed by atoms with E-state index < -0.39 is 11.6 Å². The Balaban J connectivity index is 1.59. The van der Waals surface area contributed by atoms with E-state index in [4.69, 9.17) is 21.7 Å². The van der Waals surface area contributed by atoms with Gasteiger partial charge < -0.3 is 20.1 Å². The molecule has 2 heterocycles. The highest BCUT2D eigenvalue weighted by Gasteiger charge is 2.59. The lowest BCUT2D eigenvalue weighted by Gasteiger charge is -2.56. The van der Waals surface area contributed by atoms with Gasteiger partial charge in [0.05, 0.1) is 13.2 Å². The van der Waals surface area contributed by atoms with Crippen LogP contribution in [-0.4, -0.2) is 23.9 Å². The van der Waals surface area contributed by atoms with E-state index in [1.54, 1.807) is 7.11 Å². The van der Waals surface area contributed by atoms with Crippen LogP contribution < -0.4 is 25.0 Å². The molecule has 0 saturated carbocycles. The largest absolute Gasteiger partial charge is 0.497 e. The van der Waals surface area contributed by atoms with Crippen molar-refractivity contribution in [3.05, 3.63) is 82.8 Å². The Morgan fingerprint density at radius 1 is 1.15 bits per heavy atom. The number of nitrogens with zero attached hydrogens (tertiary/aromatic N) is 1. The van der Waals surface area contributed by atoms with E-state index in [0.717, 1.165) is 27.2 Å². The van der Waals surface area contributed by atoms with Crippen LogP contribution in [0, 0.1) is 5.92 Å². The van der Waals surface area contributed by atoms with Gasteiger partial charge in [0.25, 0.3) is 0 Å². The maximum atomic E-state index is 13.8. The second kappa shape index (κ2) is 8.35. The molecule has 0 aromatic heterocycles. The summed E-state index contributed by atoms with van der Waals surface area (Å²) in [4.78, 5) is 15.6. The van der Waals surface area contributed by atoms with Crippen LogP contribution in [0.15, 0.2) is 77.3 Å². The highest BCUT2D eigenvalue weighted by molar-refractivity contribution is 9.10. The molecule has 3 atom stereocenters. The number of methoxy groups -OCH3 is 1. The number of carbonyl (C=O) groups excluding carboxylic acids is 1. The van der Waals surface area contributed by atoms with E-state index in [1.807, 2.05) is 84.6 Å². The molecular formula is C25H22BrN3O3S. The fourth-order valence-corrected chi connectivity index (χ4v) is 5.43. The summed E-state index contributed by atoms with van der Waals surface area (Å²) in [5, 5.41) is 6.97. The minimum atomic E-state index is -1.06. The van der Waals surface area contributed by atoms with Gasteiger partial charge in [0.2, 0.25) is 5.91 Å². The summed E-state index contributed by atoms with van der Waals surface area (Å²) in [6, 6.07) is 22.5. The first kappa shape index (κ1) is 21.7. The lowest BCUT2D eigenvalue weighted by atomic mass is 9.78. The fourth-order valence-electron chi connectivity index (χ4n) is 4.63. The summed E-state index contributed by atoms with van der Waals surface area (Å²) in [6.45, 7) is 1.92. The van der Waals surface area contributed by atoms with Crippen molar-refractivity contribution in [3.63, 3.8) is 0 Å². The number of para-hydroxylation sites is 1. The minimum Gasteiger partial charge on any atom is -0.497 e. The first-order chi connectivity index (χ1) is 15.9. The van der Waals surface area contributed by atoms with E-state index in [-0.39, 0.29) is 11.9 Å². The van der Waals surface area contributed by atoms with Gasteiger partial charge in [-0.05, 0) is 67.7 Å². The highest BCUT2D eigenvalue weighted by Crippen LogP contribution is 2.49. The van der Waals surface area contributed by atoms with Crippen molar-refractivity contribution >= 4 is 50.5 Å². The van der Waals surface area contributed by atoms with E-state index in [9.17, 15) is 4.79 Å². The molecule has 2 aliphatic heterocycles. The number of fused-ring (bicyclic) bond motifs is 4. The average molecular weight is 524 g/mol. The van der Waals surface area contributed by atoms with Gasteiger partial charge in [0, 0.05) is 21.4 Å². The third-order valence-corrected chi connectivity index (χ3v) is 6.91. The van der Waals surface area contributed by atoms with Gasteiger partial charge in [0.1, 0.15) is 17.4 Å². The lowest BCUT2D eigenvalue weighted by Crippen LogP contribution is -2.72. The van der Waals surface area contributed by atoms with Gasteiger partial charge >= 0.3 is 0 Å². The molecule has 0 aliphatic carbocycles. The van der Waals surface area contributed by atoms with Crippen LogP contribution in [0.4, 0.5) is 11.4 Å². The predicted molar refractivity (Wildman–Crippen MR) is 136 cm³/mol. The molecule has 168 valence electrons. The van der Waals surface area contributed by atoms with Crippen LogP contribution in [0.5, 0.6) is 11.5 Å². The molecule has 0 radical (unpaired) electrons. The third-order valence-electron chi connectivity index (χ3n) is 6.11. The summed E-state index contributed by atoms with van der Waals surface area (Å²) in [5.74, 6) is 0.686. The topological polar surface area (TPSA) is 62.8 Å². The van der Waals surface area contributed by atoms with Crippen molar-refractivity contribution in [2.24, 2.45) is 5.92 Å². The van der Waals surface area contributed by atoms with Crippen LogP contribution in [0.3, 0.4) is 0 Å². The predicted octanol–water partition coefficient (Wildman–Crippen LogP) is 5.26. The van der Waals surface area contributed by atoms with Crippen molar-refractivity contribution in [2.45, 2.75) is 18.7 Å². The highest BCUT2D eigenvalue weighted by atomic mass is 79.9. The Hall–Kier alpha value is -3.10. The van der Waals surface area contributed by atoms with Gasteiger partial charge in [0.15, 0.2) is 10.8 Å². The zero-order valence-corrected chi connectivity index (χ0v) is 20.4. The molecule has 33 heavy (non-hydrogen) atoms. The number of anilines is 2. The summed E-state index contributed by atoms with van der Waals surface area (Å²) in [5.41, 5.74) is 1.35. The first-order valence-corrected chi connectivity index (χ1v) is 11.7. The number of halogens is 1. The molecule has 1 saturated heterocycles. The number of hydrogen-bond donors (Lipinski definition) is 2. The van der Waals surface area contributed by atoms with E-state index in [0.29, 0.717) is 10.8 Å². The summed E-state index contributed by atoms with van der Waals surface area (Å²) in [6.07, 6.45) is 0. The monoisotopic (exact) mass is 523 g/mol. The number of carbonyl (C=O) groups is 1. The third kappa shape index (κ3) is 3.73. The normalized spacial score (nSPS) is 23.1. The molecule has 3 aromatic rings. The van der Waals surface area contributed by atoms with E-state index in [1.165, 1.54) is 0 Å². The maximum Gasteiger partial charge on any atom is 0.236 e. The van der Waals surface area contributed by atoms with Gasteiger partial charge in [-0.1, -0.05) is 40.2 Å². The molecule has 8 heteroatoms. The van der Waals surface area contributed by atoms with Crippen LogP contribution in [0.25, 0.3) is 0 Å². The van der Waals surface area contributed by atoms with Gasteiger partial charge in [-0.15, -0.1) is 0 Å². The fraction of sp³-hybridized carbons (Fsp3) is 0.200. The van der Waals surface area contributed by atoms with Crippen molar-refractivity contribution in [1.82, 2.24) is 5.32 Å².